The average molecular weight is 1140 g/mol. The van der Waals surface area contributed by atoms with Gasteiger partial charge in [-0.1, -0.05) is 10.2 Å². The maximum Gasteiger partial charge on any atom is 0.490 e. The Morgan fingerprint density at radius 1 is 0.690 bits per heavy atom. The number of nitrogens with zero attached hydrogens (tertiary/aromatic N) is 13. The van der Waals surface area contributed by atoms with E-state index in [2.05, 4.69) is 76.2 Å². The molecule has 6 heterocycles. The largest absolute Gasteiger partial charge is 0.490 e. The van der Waals surface area contributed by atoms with Gasteiger partial charge < -0.3 is 70.3 Å². The van der Waals surface area contributed by atoms with Crippen LogP contribution in [0.1, 0.15) is 12.5 Å². The topological polar surface area (TPSA) is 635 Å². The van der Waals surface area contributed by atoms with Crippen LogP contribution in [0.2, 0.25) is 0 Å². The van der Waals surface area contributed by atoms with E-state index in [1.807, 2.05) is 0 Å². The van der Waals surface area contributed by atoms with Crippen molar-refractivity contribution in [3.8, 4) is 0 Å². The zero-order valence-electron chi connectivity index (χ0n) is 34.0. The fraction of sp³-hybridized carbons (Fsp3) is 0.545. The molecule has 15 N–H and O–H groups in total. The van der Waals surface area contributed by atoms with Crippen molar-refractivity contribution in [2.45, 2.75) is 48.2 Å². The minimum Gasteiger partial charge on any atom is -0.387 e. The molecule has 41 nitrogen and oxygen atoms in total. The van der Waals surface area contributed by atoms with Gasteiger partial charge in [0, 0.05) is 9.82 Å². The molecule has 4 aromatic heterocycles. The number of alkyl halides is 2. The molecule has 0 saturated carbocycles. The molecule has 394 valence electrons. The van der Waals surface area contributed by atoms with Gasteiger partial charge in [0.05, 0.1) is 39.0 Å². The van der Waals surface area contributed by atoms with Crippen LogP contribution in [0.25, 0.3) is 43.2 Å². The number of phosphoric acid groups is 6. The van der Waals surface area contributed by atoms with Gasteiger partial charge in [0.2, 0.25) is 5.95 Å². The highest BCUT2D eigenvalue weighted by atomic mass is 31.3. The minimum atomic E-state index is -5.88. The molecule has 2 fully saturated rings. The Kier molecular flexibility index (Phi) is 17.2. The Morgan fingerprint density at radius 3 is 1.54 bits per heavy atom. The highest BCUT2D eigenvalue weighted by Gasteiger charge is 2.59. The normalized spacial score (nSPS) is 28.1. The number of nitrogens with two attached hydrogens (primary N) is 2. The average Bonchev–Trinajstić information content (AvgIpc) is 3.96. The number of aromatic nitrogens is 8. The molecule has 0 spiro atoms. The molecule has 6 rings (SSSR count). The second-order valence-electron chi connectivity index (χ2n) is 13.8. The van der Waals surface area contributed by atoms with E-state index in [0.717, 1.165) is 28.1 Å². The van der Waals surface area contributed by atoms with E-state index in [1.165, 1.54) is 0 Å². The SMILES string of the molecule is [N-]=[N+]=NC[C@]1(COP(=O)(O)OP(=O)(O)OP(=O)(O)O)O[C@@H](n2cnc3c(=O)[nH]c(N)nc32)[C@H](F)[C@@H]1O.[N-]=[N+]=NC[C@]1(COP(=O)(O)OP(=O)(O)OP(=O)(O)O)O[C@@H](n2cnc3c(N)ncnc32)[C@H](F)[C@@H]1O. The van der Waals surface area contributed by atoms with Gasteiger partial charge in [-0.25, -0.2) is 56.1 Å². The van der Waals surface area contributed by atoms with Gasteiger partial charge in [-0.2, -0.15) is 22.2 Å². The number of azide groups is 2. The van der Waals surface area contributed by atoms with Crippen molar-refractivity contribution in [1.82, 2.24) is 39.0 Å². The van der Waals surface area contributed by atoms with Crippen molar-refractivity contribution in [3.05, 3.63) is 50.2 Å². The van der Waals surface area contributed by atoms with E-state index in [-0.39, 0.29) is 34.1 Å². The first-order valence-corrected chi connectivity index (χ1v) is 26.9. The molecule has 0 radical (unpaired) electrons. The van der Waals surface area contributed by atoms with Gasteiger partial charge in [-0.15, -0.1) is 0 Å². The van der Waals surface area contributed by atoms with Crippen molar-refractivity contribution in [1.29, 1.82) is 0 Å². The number of rotatable bonds is 20. The number of H-pyrrole nitrogens is 1. The lowest BCUT2D eigenvalue weighted by Crippen LogP contribution is -2.48. The van der Waals surface area contributed by atoms with Crippen LogP contribution < -0.4 is 17.0 Å². The van der Waals surface area contributed by atoms with Crippen LogP contribution in [0.15, 0.2) is 34.0 Å². The summed E-state index contributed by atoms with van der Waals surface area (Å²) in [5.41, 5.74) is 22.3. The fourth-order valence-electron chi connectivity index (χ4n) is 6.13. The first-order chi connectivity index (χ1) is 32.6. The number of hydrogen-bond acceptors (Lipinski definition) is 26. The second kappa shape index (κ2) is 21.2. The zero-order valence-corrected chi connectivity index (χ0v) is 39.4. The zero-order chi connectivity index (χ0) is 53.3. The highest BCUT2D eigenvalue weighted by molar-refractivity contribution is 7.67. The number of aromatic amines is 1. The molecule has 71 heavy (non-hydrogen) atoms. The molecule has 2 aliphatic heterocycles. The van der Waals surface area contributed by atoms with Gasteiger partial charge in [0.15, 0.2) is 47.4 Å². The number of phosphoric ester groups is 2. The van der Waals surface area contributed by atoms with Gasteiger partial charge >= 0.3 is 46.9 Å². The standard InChI is InChI=1S/C11H16FN8O13P3.C11H16FN8O12P3/c12-4-6(21)11(1-16-19-14,2-30-35(26,27)33-36(28,29)32-34(23,24)25)31-9(4)20-3-15-5-7(20)17-10(13)18-8(5)22;12-5-7(21)11(1-18-19-14,2-29-34(25,26)32-35(27,28)31-33(22,23)24)30-10(5)20-4-17-6-8(13)15-3-16-9(6)20/h3-4,6,9,21H,1-2H2,(H,26,27)(H,28,29)(H2,23,24,25)(H3,13,17,18,22);3-5,7,10,21H,1-2H2,(H,25,26)(H,27,28)(H2,13,15,16)(H2,22,23,24)/t4-,6+,9-,11-;5-,7+,10-,11-/m11/s1. The third-order valence-electron chi connectivity index (χ3n) is 8.90. The number of aliphatic hydroxyl groups excluding tert-OH is 2. The van der Waals surface area contributed by atoms with Crippen LogP contribution in [0.4, 0.5) is 20.5 Å². The predicted octanol–water partition coefficient (Wildman–Crippen LogP) is -0.649. The van der Waals surface area contributed by atoms with Gasteiger partial charge in [0.25, 0.3) is 5.56 Å². The lowest BCUT2D eigenvalue weighted by atomic mass is 9.97. The summed E-state index contributed by atoms with van der Waals surface area (Å²) < 4.78 is 135. The monoisotopic (exact) mass is 1140 g/mol. The number of nitrogens with one attached hydrogen (secondary N) is 1. The molecule has 4 unspecified atom stereocenters. The van der Waals surface area contributed by atoms with Crippen molar-refractivity contribution >= 4 is 81.0 Å². The Hall–Kier alpha value is -4.36. The Bertz CT molecular complexity index is 3110. The van der Waals surface area contributed by atoms with E-state index in [4.69, 9.17) is 51.6 Å². The molecule has 2 saturated heterocycles. The number of imidazole rings is 2. The van der Waals surface area contributed by atoms with Gasteiger partial charge in [-0.3, -0.25) is 28.0 Å². The molecule has 0 bridgehead atoms. The highest BCUT2D eigenvalue weighted by Crippen LogP contribution is 2.68. The summed E-state index contributed by atoms with van der Waals surface area (Å²) in [4.78, 5) is 110. The van der Waals surface area contributed by atoms with E-state index in [0.29, 0.717) is 0 Å². The first-order valence-electron chi connectivity index (χ1n) is 17.8. The summed E-state index contributed by atoms with van der Waals surface area (Å²) in [6, 6.07) is 0. The first kappa shape index (κ1) is 57.5. The second-order valence-corrected chi connectivity index (χ2v) is 22.6. The summed E-state index contributed by atoms with van der Waals surface area (Å²) in [7, 11) is -34.5. The molecule has 49 heteroatoms. The van der Waals surface area contributed by atoms with Crippen LogP contribution in [0.3, 0.4) is 0 Å². The quantitative estimate of drug-likeness (QED) is 0.0226. The van der Waals surface area contributed by atoms with Crippen LogP contribution >= 0.6 is 46.9 Å². The van der Waals surface area contributed by atoms with Crippen LogP contribution in [0.5, 0.6) is 0 Å². The molecule has 0 aliphatic carbocycles. The van der Waals surface area contributed by atoms with Crippen molar-refractivity contribution < 1.29 is 121 Å². The van der Waals surface area contributed by atoms with Gasteiger partial charge in [-0.05, 0) is 11.1 Å². The van der Waals surface area contributed by atoms with E-state index >= 15 is 8.78 Å². The predicted molar refractivity (Wildman–Crippen MR) is 217 cm³/mol. The molecule has 0 aromatic carbocycles. The smallest absolute Gasteiger partial charge is 0.387 e. The maximum atomic E-state index is 15.2. The fourth-order valence-corrected chi connectivity index (χ4v) is 12.3. The molecule has 0 amide bonds. The van der Waals surface area contributed by atoms with Crippen LogP contribution in [-0.2, 0) is 63.2 Å². The van der Waals surface area contributed by atoms with Gasteiger partial charge in [0.1, 0.15) is 35.3 Å². The number of fused-ring (bicyclic) bond motifs is 2. The number of aliphatic hydroxyl groups is 2. The van der Waals surface area contributed by atoms with E-state index in [1.54, 1.807) is 0 Å². The van der Waals surface area contributed by atoms with E-state index < -0.39 is 127 Å². The number of ether oxygens (including phenoxy) is 2. The Balaban J connectivity index is 0.000000264. The maximum absolute atomic E-state index is 15.2. The number of halogens is 2. The number of anilines is 2. The Morgan fingerprint density at radius 2 is 1.11 bits per heavy atom. The lowest BCUT2D eigenvalue weighted by molar-refractivity contribution is -0.118. The molecule has 2 aliphatic rings. The summed E-state index contributed by atoms with van der Waals surface area (Å²) in [5, 5.41) is 27.3. The lowest BCUT2D eigenvalue weighted by Gasteiger charge is -2.30. The van der Waals surface area contributed by atoms with Crippen molar-refractivity contribution in [2.24, 2.45) is 10.2 Å². The Labute approximate surface area is 387 Å². The minimum absolute atomic E-state index is 0.0233. The number of nitrogen functional groups attached to an aromatic ring is 2. The molecular formula is C22H32F2N16O25P6. The summed E-state index contributed by atoms with van der Waals surface area (Å²) in [5.74, 6) is -0.438. The molecular weight excluding hydrogens is 1110 g/mol. The number of hydrogen-bond donors (Lipinski definition) is 13. The van der Waals surface area contributed by atoms with Crippen LogP contribution in [-0.4, -0.2) is 150 Å². The molecule has 4 aromatic rings. The van der Waals surface area contributed by atoms with Crippen LogP contribution in [0, 0.1) is 0 Å². The van der Waals surface area contributed by atoms with E-state index in [9.17, 15) is 62.0 Å². The van der Waals surface area contributed by atoms with Crippen molar-refractivity contribution in [3.63, 3.8) is 0 Å². The van der Waals surface area contributed by atoms with Crippen molar-refractivity contribution in [2.75, 3.05) is 37.8 Å². The summed E-state index contributed by atoms with van der Waals surface area (Å²) in [6.07, 6.45) is -9.74. The summed E-state index contributed by atoms with van der Waals surface area (Å²) >= 11 is 0. The third-order valence-corrected chi connectivity index (χ3v) is 16.5. The summed E-state index contributed by atoms with van der Waals surface area (Å²) in [6.45, 7) is -4.48. The third kappa shape index (κ3) is 14.0. The molecule has 12 atom stereocenters.